The van der Waals surface area contributed by atoms with Gasteiger partial charge in [0.2, 0.25) is 0 Å². The normalized spacial score (nSPS) is 11.2. The average molecular weight is 306 g/mol. The Hall–Kier alpha value is -3.28. The molecule has 0 fully saturated rings. The summed E-state index contributed by atoms with van der Waals surface area (Å²) in [7, 11) is 0. The van der Waals surface area contributed by atoms with Crippen molar-refractivity contribution in [2.45, 2.75) is 6.92 Å². The molecule has 0 aliphatic rings. The molecule has 4 aromatic rings. The third-order valence-corrected chi connectivity index (χ3v) is 3.80. The van der Waals surface area contributed by atoms with Gasteiger partial charge in [0.25, 0.3) is 5.91 Å². The monoisotopic (exact) mass is 306 g/mol. The molecule has 0 saturated heterocycles. The lowest BCUT2D eigenvalue weighted by molar-refractivity contribution is 0.102. The maximum absolute atomic E-state index is 12.4. The van der Waals surface area contributed by atoms with Crippen LogP contribution in [-0.4, -0.2) is 20.9 Å². The van der Waals surface area contributed by atoms with Crippen LogP contribution >= 0.6 is 0 Å². The predicted octanol–water partition coefficient (Wildman–Crippen LogP) is 2.90. The van der Waals surface area contributed by atoms with Crippen molar-refractivity contribution in [2.75, 3.05) is 5.32 Å². The van der Waals surface area contributed by atoms with Crippen molar-refractivity contribution < 1.29 is 4.79 Å². The van der Waals surface area contributed by atoms with Gasteiger partial charge >= 0.3 is 5.69 Å². The maximum Gasteiger partial charge on any atom is 0.323 e. The molecule has 0 spiro atoms. The highest BCUT2D eigenvalue weighted by Gasteiger charge is 2.10. The minimum Gasteiger partial charge on any atom is -0.351 e. The van der Waals surface area contributed by atoms with Gasteiger partial charge < -0.3 is 20.3 Å². The molecule has 0 aliphatic heterocycles. The standard InChI is InChI=1S/C17H14N4O2/c1-9-2-3-10-7-15(19-13(10)6-9)16(22)18-11-4-5-12-14(8-11)21-17(23)20-12/h2-8,19H,1H3,(H,18,22)(H2,20,21,23). The van der Waals surface area contributed by atoms with Gasteiger partial charge in [-0.25, -0.2) is 4.79 Å². The quantitative estimate of drug-likeness (QED) is 0.458. The SMILES string of the molecule is Cc1ccc2cc(C(=O)Nc3ccc4[nH]c(=O)[nH]c4c3)[nH]c2c1. The summed E-state index contributed by atoms with van der Waals surface area (Å²) < 4.78 is 0. The van der Waals surface area contributed by atoms with E-state index >= 15 is 0 Å². The molecule has 0 bridgehead atoms. The Bertz CT molecular complexity index is 1100. The number of nitrogens with one attached hydrogen (secondary N) is 4. The Balaban J connectivity index is 1.65. The number of rotatable bonds is 2. The minimum atomic E-state index is -0.269. The fraction of sp³-hybridized carbons (Fsp3) is 0.0588. The first-order valence-corrected chi connectivity index (χ1v) is 7.21. The third kappa shape index (κ3) is 2.40. The van der Waals surface area contributed by atoms with Crippen molar-refractivity contribution in [2.24, 2.45) is 0 Å². The second-order valence-corrected chi connectivity index (χ2v) is 5.57. The molecule has 0 saturated carbocycles. The number of aromatic amines is 3. The van der Waals surface area contributed by atoms with Gasteiger partial charge in [-0.15, -0.1) is 0 Å². The molecule has 4 rings (SSSR count). The van der Waals surface area contributed by atoms with Crippen molar-refractivity contribution in [1.29, 1.82) is 0 Å². The van der Waals surface area contributed by atoms with Crippen LogP contribution in [0.1, 0.15) is 16.1 Å². The van der Waals surface area contributed by atoms with E-state index < -0.39 is 0 Å². The highest BCUT2D eigenvalue weighted by molar-refractivity contribution is 6.06. The van der Waals surface area contributed by atoms with Gasteiger partial charge in [0.15, 0.2) is 0 Å². The van der Waals surface area contributed by atoms with Gasteiger partial charge in [0, 0.05) is 16.6 Å². The summed E-state index contributed by atoms with van der Waals surface area (Å²) in [5.74, 6) is -0.226. The molecule has 0 atom stereocenters. The van der Waals surface area contributed by atoms with Crippen LogP contribution in [0.4, 0.5) is 5.69 Å². The highest BCUT2D eigenvalue weighted by atomic mass is 16.2. The number of benzene rings is 2. The molecule has 2 aromatic carbocycles. The Labute approximate surface area is 130 Å². The van der Waals surface area contributed by atoms with Crippen LogP contribution < -0.4 is 11.0 Å². The van der Waals surface area contributed by atoms with Gasteiger partial charge in [-0.05, 0) is 42.8 Å². The van der Waals surface area contributed by atoms with E-state index in [1.807, 2.05) is 31.2 Å². The molecular weight excluding hydrogens is 292 g/mol. The topological polar surface area (TPSA) is 93.5 Å². The van der Waals surface area contributed by atoms with Crippen LogP contribution in [0.5, 0.6) is 0 Å². The van der Waals surface area contributed by atoms with Crippen LogP contribution in [0.25, 0.3) is 21.9 Å². The summed E-state index contributed by atoms with van der Waals surface area (Å²) in [6.07, 6.45) is 0. The molecule has 4 N–H and O–H groups in total. The first kappa shape index (κ1) is 13.4. The van der Waals surface area contributed by atoms with Gasteiger partial charge in [0.1, 0.15) is 5.69 Å². The van der Waals surface area contributed by atoms with E-state index in [9.17, 15) is 9.59 Å². The zero-order valence-electron chi connectivity index (χ0n) is 12.4. The van der Waals surface area contributed by atoms with Crippen molar-refractivity contribution in [1.82, 2.24) is 15.0 Å². The zero-order valence-corrected chi connectivity index (χ0v) is 12.4. The average Bonchev–Trinajstić information content (AvgIpc) is 3.08. The molecule has 0 unspecified atom stereocenters. The second kappa shape index (κ2) is 4.88. The molecule has 1 amide bonds. The van der Waals surface area contributed by atoms with E-state index in [4.69, 9.17) is 0 Å². The van der Waals surface area contributed by atoms with Crippen molar-refractivity contribution >= 4 is 33.5 Å². The Morgan fingerprint density at radius 2 is 1.74 bits per heavy atom. The number of amides is 1. The molecule has 6 nitrogen and oxygen atoms in total. The number of carbonyl (C=O) groups is 1. The summed E-state index contributed by atoms with van der Waals surface area (Å²) in [6, 6.07) is 13.0. The summed E-state index contributed by atoms with van der Waals surface area (Å²) in [5, 5.41) is 3.82. The Morgan fingerprint density at radius 3 is 2.61 bits per heavy atom. The van der Waals surface area contributed by atoms with E-state index in [-0.39, 0.29) is 11.6 Å². The fourth-order valence-electron chi connectivity index (χ4n) is 2.67. The Kier molecular flexibility index (Phi) is 2.84. The largest absolute Gasteiger partial charge is 0.351 e. The van der Waals surface area contributed by atoms with Crippen molar-refractivity contribution in [3.8, 4) is 0 Å². The number of hydrogen-bond donors (Lipinski definition) is 4. The molecule has 2 heterocycles. The first-order chi connectivity index (χ1) is 11.1. The van der Waals surface area contributed by atoms with E-state index in [1.54, 1.807) is 18.2 Å². The molecule has 114 valence electrons. The lowest BCUT2D eigenvalue weighted by Crippen LogP contribution is -2.12. The van der Waals surface area contributed by atoms with Gasteiger partial charge in [-0.3, -0.25) is 4.79 Å². The smallest absolute Gasteiger partial charge is 0.323 e. The predicted molar refractivity (Wildman–Crippen MR) is 89.9 cm³/mol. The number of aryl methyl sites for hydroxylation is 1. The number of H-pyrrole nitrogens is 3. The van der Waals surface area contributed by atoms with Gasteiger partial charge in [0.05, 0.1) is 11.0 Å². The zero-order chi connectivity index (χ0) is 16.0. The number of aromatic nitrogens is 3. The number of anilines is 1. The molecule has 2 aromatic heterocycles. The lowest BCUT2D eigenvalue weighted by Gasteiger charge is -2.03. The minimum absolute atomic E-state index is 0.226. The molecular formula is C17H14N4O2. The van der Waals surface area contributed by atoms with Crippen LogP contribution in [0.2, 0.25) is 0 Å². The molecule has 23 heavy (non-hydrogen) atoms. The summed E-state index contributed by atoms with van der Waals surface area (Å²) in [4.78, 5) is 32.1. The van der Waals surface area contributed by atoms with Crippen LogP contribution in [0, 0.1) is 6.92 Å². The van der Waals surface area contributed by atoms with Crippen LogP contribution in [-0.2, 0) is 0 Å². The van der Waals surface area contributed by atoms with E-state index in [0.717, 1.165) is 16.5 Å². The number of carbonyl (C=O) groups excluding carboxylic acids is 1. The molecule has 0 aliphatic carbocycles. The van der Waals surface area contributed by atoms with E-state index in [2.05, 4.69) is 20.3 Å². The number of hydrogen-bond acceptors (Lipinski definition) is 2. The highest BCUT2D eigenvalue weighted by Crippen LogP contribution is 2.19. The van der Waals surface area contributed by atoms with Gasteiger partial charge in [-0.1, -0.05) is 12.1 Å². The third-order valence-electron chi connectivity index (χ3n) is 3.80. The van der Waals surface area contributed by atoms with Crippen molar-refractivity contribution in [3.63, 3.8) is 0 Å². The summed E-state index contributed by atoms with van der Waals surface area (Å²) >= 11 is 0. The second-order valence-electron chi connectivity index (χ2n) is 5.57. The number of imidazole rings is 1. The summed E-state index contributed by atoms with van der Waals surface area (Å²) in [6.45, 7) is 2.01. The van der Waals surface area contributed by atoms with Crippen molar-refractivity contribution in [3.05, 3.63) is 64.2 Å². The molecule has 6 heteroatoms. The fourth-order valence-corrected chi connectivity index (χ4v) is 2.67. The number of fused-ring (bicyclic) bond motifs is 2. The first-order valence-electron chi connectivity index (χ1n) is 7.21. The maximum atomic E-state index is 12.4. The van der Waals surface area contributed by atoms with Crippen LogP contribution in [0.15, 0.2) is 47.3 Å². The van der Waals surface area contributed by atoms with Gasteiger partial charge in [-0.2, -0.15) is 0 Å². The van der Waals surface area contributed by atoms with E-state index in [1.165, 1.54) is 0 Å². The van der Waals surface area contributed by atoms with E-state index in [0.29, 0.717) is 22.4 Å². The lowest BCUT2D eigenvalue weighted by atomic mass is 10.2. The molecule has 0 radical (unpaired) electrons. The summed E-state index contributed by atoms with van der Waals surface area (Å²) in [5.41, 5.74) is 4.26. The van der Waals surface area contributed by atoms with Crippen LogP contribution in [0.3, 0.4) is 0 Å². The Morgan fingerprint density at radius 1 is 0.913 bits per heavy atom.